The highest BCUT2D eigenvalue weighted by Crippen LogP contribution is 2.46. The summed E-state index contributed by atoms with van der Waals surface area (Å²) in [5, 5.41) is 5.24. The lowest BCUT2D eigenvalue weighted by atomic mass is 9.88. The zero-order valence-corrected chi connectivity index (χ0v) is 12.6. The van der Waals surface area contributed by atoms with Crippen molar-refractivity contribution in [2.24, 2.45) is 5.92 Å². The van der Waals surface area contributed by atoms with E-state index in [1.807, 2.05) is 11.3 Å². The van der Waals surface area contributed by atoms with Gasteiger partial charge in [0.1, 0.15) is 5.01 Å². The van der Waals surface area contributed by atoms with Crippen molar-refractivity contribution >= 4 is 11.3 Å². The monoisotopic (exact) mass is 264 g/mol. The van der Waals surface area contributed by atoms with Crippen molar-refractivity contribution in [3.63, 3.8) is 0 Å². The second-order valence-electron chi connectivity index (χ2n) is 6.31. The molecule has 1 N–H and O–H groups in total. The molecule has 1 saturated carbocycles. The molecule has 3 rings (SSSR count). The van der Waals surface area contributed by atoms with E-state index in [4.69, 9.17) is 4.98 Å². The van der Waals surface area contributed by atoms with Crippen LogP contribution in [-0.2, 0) is 18.4 Å². The molecule has 0 amide bonds. The van der Waals surface area contributed by atoms with Gasteiger partial charge < -0.3 is 5.32 Å². The minimum atomic E-state index is 0.170. The fourth-order valence-corrected chi connectivity index (χ4v) is 5.12. The van der Waals surface area contributed by atoms with Crippen molar-refractivity contribution in [2.45, 2.75) is 70.9 Å². The standard InChI is InChI=1S/C15H24N2S/c1-10(2)17-15(9-5-6-11(15)3)14-16-12-7-4-8-13(12)18-14/h10-11,17H,4-9H2,1-3H3. The molecule has 2 aliphatic carbocycles. The van der Waals surface area contributed by atoms with E-state index in [0.717, 1.165) is 0 Å². The number of aryl methyl sites for hydroxylation is 2. The maximum atomic E-state index is 5.00. The van der Waals surface area contributed by atoms with Gasteiger partial charge in [0.15, 0.2) is 0 Å². The molecule has 0 radical (unpaired) electrons. The summed E-state index contributed by atoms with van der Waals surface area (Å²) in [6.07, 6.45) is 7.72. The Morgan fingerprint density at radius 1 is 1.33 bits per heavy atom. The quantitative estimate of drug-likeness (QED) is 0.901. The Hall–Kier alpha value is -0.410. The van der Waals surface area contributed by atoms with Crippen LogP contribution in [0.2, 0.25) is 0 Å². The first-order valence-electron chi connectivity index (χ1n) is 7.38. The molecular formula is C15H24N2S. The van der Waals surface area contributed by atoms with Crippen molar-refractivity contribution in [3.05, 3.63) is 15.6 Å². The van der Waals surface area contributed by atoms with E-state index in [2.05, 4.69) is 26.1 Å². The molecule has 0 bridgehead atoms. The lowest BCUT2D eigenvalue weighted by molar-refractivity contribution is 0.241. The molecule has 2 unspecified atom stereocenters. The van der Waals surface area contributed by atoms with E-state index in [1.54, 1.807) is 4.88 Å². The van der Waals surface area contributed by atoms with Crippen LogP contribution >= 0.6 is 11.3 Å². The van der Waals surface area contributed by atoms with E-state index in [9.17, 15) is 0 Å². The van der Waals surface area contributed by atoms with E-state index in [1.165, 1.54) is 49.2 Å². The first kappa shape index (κ1) is 12.6. The smallest absolute Gasteiger partial charge is 0.114 e. The van der Waals surface area contributed by atoms with Gasteiger partial charge in [-0.3, -0.25) is 0 Å². The van der Waals surface area contributed by atoms with E-state index in [-0.39, 0.29) is 5.54 Å². The molecule has 1 fully saturated rings. The Morgan fingerprint density at radius 3 is 2.78 bits per heavy atom. The molecule has 0 aromatic carbocycles. The van der Waals surface area contributed by atoms with Crippen LogP contribution in [0.1, 0.15) is 62.0 Å². The number of rotatable bonds is 3. The number of hydrogen-bond donors (Lipinski definition) is 1. The Labute approximate surface area is 114 Å². The van der Waals surface area contributed by atoms with Crippen LogP contribution in [-0.4, -0.2) is 11.0 Å². The largest absolute Gasteiger partial charge is 0.303 e. The number of nitrogens with zero attached hydrogens (tertiary/aromatic N) is 1. The molecule has 0 aliphatic heterocycles. The van der Waals surface area contributed by atoms with Crippen molar-refractivity contribution < 1.29 is 0 Å². The second-order valence-corrected chi connectivity index (χ2v) is 7.39. The van der Waals surface area contributed by atoms with Gasteiger partial charge >= 0.3 is 0 Å². The summed E-state index contributed by atoms with van der Waals surface area (Å²) in [6.45, 7) is 6.91. The lowest BCUT2D eigenvalue weighted by Gasteiger charge is -2.35. The summed E-state index contributed by atoms with van der Waals surface area (Å²) < 4.78 is 0. The molecule has 18 heavy (non-hydrogen) atoms. The highest BCUT2D eigenvalue weighted by atomic mass is 32.1. The molecule has 2 aliphatic rings. The summed E-state index contributed by atoms with van der Waals surface area (Å²) in [5.41, 5.74) is 1.57. The minimum Gasteiger partial charge on any atom is -0.303 e. The van der Waals surface area contributed by atoms with Crippen LogP contribution in [0, 0.1) is 5.92 Å². The molecule has 0 saturated heterocycles. The first-order valence-corrected chi connectivity index (χ1v) is 8.20. The van der Waals surface area contributed by atoms with Crippen LogP contribution in [0.4, 0.5) is 0 Å². The summed E-state index contributed by atoms with van der Waals surface area (Å²) in [4.78, 5) is 6.57. The van der Waals surface area contributed by atoms with Crippen LogP contribution in [0.25, 0.3) is 0 Å². The van der Waals surface area contributed by atoms with Crippen LogP contribution in [0.3, 0.4) is 0 Å². The van der Waals surface area contributed by atoms with E-state index < -0.39 is 0 Å². The summed E-state index contributed by atoms with van der Waals surface area (Å²) >= 11 is 1.99. The number of fused-ring (bicyclic) bond motifs is 1. The Bertz CT molecular complexity index is 416. The zero-order chi connectivity index (χ0) is 12.8. The number of aromatic nitrogens is 1. The predicted octanol–water partition coefficient (Wildman–Crippen LogP) is 3.65. The normalized spacial score (nSPS) is 31.2. The molecule has 3 heteroatoms. The third-order valence-electron chi connectivity index (χ3n) is 4.57. The second kappa shape index (κ2) is 4.61. The maximum absolute atomic E-state index is 5.00. The summed E-state index contributed by atoms with van der Waals surface area (Å²) in [7, 11) is 0. The molecule has 1 aromatic rings. The van der Waals surface area contributed by atoms with Crippen molar-refractivity contribution in [2.75, 3.05) is 0 Å². The Balaban J connectivity index is 1.97. The number of thiazole rings is 1. The zero-order valence-electron chi connectivity index (χ0n) is 11.8. The molecule has 1 aromatic heterocycles. The van der Waals surface area contributed by atoms with Crippen molar-refractivity contribution in [3.8, 4) is 0 Å². The first-order chi connectivity index (χ1) is 8.62. The number of hydrogen-bond acceptors (Lipinski definition) is 3. The van der Waals surface area contributed by atoms with Gasteiger partial charge in [-0.1, -0.05) is 13.3 Å². The SMILES string of the molecule is CC(C)NC1(c2nc3c(s2)CCC3)CCCC1C. The van der Waals surface area contributed by atoms with Gasteiger partial charge in [-0.25, -0.2) is 4.98 Å². The molecule has 1 heterocycles. The highest BCUT2D eigenvalue weighted by molar-refractivity contribution is 7.12. The van der Waals surface area contributed by atoms with Gasteiger partial charge in [-0.2, -0.15) is 0 Å². The van der Waals surface area contributed by atoms with Gasteiger partial charge in [0, 0.05) is 10.9 Å². The average molecular weight is 264 g/mol. The van der Waals surface area contributed by atoms with Crippen LogP contribution in [0.5, 0.6) is 0 Å². The third kappa shape index (κ3) is 1.92. The fraction of sp³-hybridized carbons (Fsp3) is 0.800. The lowest BCUT2D eigenvalue weighted by Crippen LogP contribution is -2.47. The van der Waals surface area contributed by atoms with Gasteiger partial charge in [0.05, 0.1) is 11.2 Å². The van der Waals surface area contributed by atoms with Gasteiger partial charge in [-0.15, -0.1) is 11.3 Å². The molecule has 2 nitrogen and oxygen atoms in total. The number of nitrogens with one attached hydrogen (secondary N) is 1. The average Bonchev–Trinajstić information content (AvgIpc) is 2.92. The Kier molecular flexibility index (Phi) is 3.23. The molecule has 0 spiro atoms. The molecule has 100 valence electrons. The summed E-state index contributed by atoms with van der Waals surface area (Å²) in [5.74, 6) is 0.714. The van der Waals surface area contributed by atoms with Gasteiger partial charge in [0.2, 0.25) is 0 Å². The topological polar surface area (TPSA) is 24.9 Å². The summed E-state index contributed by atoms with van der Waals surface area (Å²) in [6, 6.07) is 0.532. The molecule has 2 atom stereocenters. The highest BCUT2D eigenvalue weighted by Gasteiger charge is 2.44. The van der Waals surface area contributed by atoms with Crippen LogP contribution < -0.4 is 5.32 Å². The third-order valence-corrected chi connectivity index (χ3v) is 5.91. The molecular weight excluding hydrogens is 240 g/mol. The predicted molar refractivity (Wildman–Crippen MR) is 77.1 cm³/mol. The van der Waals surface area contributed by atoms with Crippen LogP contribution in [0.15, 0.2) is 0 Å². The van der Waals surface area contributed by atoms with Crippen molar-refractivity contribution in [1.82, 2.24) is 10.3 Å². The Morgan fingerprint density at radius 2 is 2.17 bits per heavy atom. The van der Waals surface area contributed by atoms with E-state index in [0.29, 0.717) is 12.0 Å². The van der Waals surface area contributed by atoms with Crippen molar-refractivity contribution in [1.29, 1.82) is 0 Å². The van der Waals surface area contributed by atoms with Gasteiger partial charge in [-0.05, 0) is 51.9 Å². The van der Waals surface area contributed by atoms with E-state index >= 15 is 0 Å². The fourth-order valence-electron chi connectivity index (χ4n) is 3.67. The minimum absolute atomic E-state index is 0.170. The maximum Gasteiger partial charge on any atom is 0.114 e. The van der Waals surface area contributed by atoms with Gasteiger partial charge in [0.25, 0.3) is 0 Å².